The van der Waals surface area contributed by atoms with E-state index in [2.05, 4.69) is 6.92 Å². The highest BCUT2D eigenvalue weighted by molar-refractivity contribution is 5.71. The van der Waals surface area contributed by atoms with Crippen molar-refractivity contribution in [2.75, 3.05) is 27.7 Å². The summed E-state index contributed by atoms with van der Waals surface area (Å²) < 4.78 is 5.95. The number of unbranched alkanes of at least 4 members (excludes halogenated alkanes) is 5. The Kier molecular flexibility index (Phi) is 15.0. The lowest BCUT2D eigenvalue weighted by Gasteiger charge is -2.28. The van der Waals surface area contributed by atoms with E-state index in [1.807, 2.05) is 21.1 Å². The number of hydrogen-bond acceptors (Lipinski definition) is 6. The molecule has 0 saturated heterocycles. The Balaban J connectivity index is 2.31. The van der Waals surface area contributed by atoms with E-state index >= 15 is 0 Å². The quantitative estimate of drug-likeness (QED) is 0.121. The molecule has 1 saturated carbocycles. The van der Waals surface area contributed by atoms with Gasteiger partial charge >= 0.3 is 11.9 Å². The lowest BCUT2D eigenvalue weighted by molar-refractivity contribution is -0.873. The molecule has 1 fully saturated rings. The molecule has 6 unspecified atom stereocenters. The number of carbonyl (C=O) groups excluding carboxylic acids is 1. The van der Waals surface area contributed by atoms with Crippen LogP contribution in [-0.4, -0.2) is 89.0 Å². The van der Waals surface area contributed by atoms with Crippen LogP contribution in [0.3, 0.4) is 0 Å². The van der Waals surface area contributed by atoms with Gasteiger partial charge in [0.05, 0.1) is 45.9 Å². The minimum absolute atomic E-state index is 0.0354. The van der Waals surface area contributed by atoms with E-state index in [4.69, 9.17) is 9.84 Å². The average molecular weight is 503 g/mol. The normalized spacial score (nSPS) is 24.3. The number of nitrogens with zero attached hydrogens (tertiary/aromatic N) is 1. The molecule has 1 aliphatic rings. The van der Waals surface area contributed by atoms with E-state index < -0.39 is 24.3 Å². The highest BCUT2D eigenvalue weighted by atomic mass is 16.5. The molecule has 0 aromatic rings. The van der Waals surface area contributed by atoms with Crippen molar-refractivity contribution in [2.24, 2.45) is 11.8 Å². The Labute approximate surface area is 212 Å². The Bertz CT molecular complexity index is 607. The number of hydrogen-bond donors (Lipinski definition) is 4. The first-order valence-electron chi connectivity index (χ1n) is 13.7. The zero-order valence-electron chi connectivity index (χ0n) is 22.5. The third kappa shape index (κ3) is 14.2. The average Bonchev–Trinajstić information content (AvgIpc) is 2.99. The predicted octanol–water partition coefficient (Wildman–Crippen LogP) is 3.50. The molecular weight excluding hydrogens is 450 g/mol. The lowest BCUT2D eigenvalue weighted by Crippen LogP contribution is -2.43. The molecule has 8 nitrogen and oxygen atoms in total. The molecule has 6 atom stereocenters. The van der Waals surface area contributed by atoms with Crippen molar-refractivity contribution >= 4 is 11.9 Å². The third-order valence-electron chi connectivity index (χ3n) is 7.12. The topological polar surface area (TPSA) is 124 Å². The van der Waals surface area contributed by atoms with Crippen LogP contribution >= 0.6 is 0 Å². The standard InChI is InChI=1S/C27H51NO7/c1-5-6-9-12-20(29)15-16-23-22(24(30)18-25(23)31)13-10-7-8-11-14-27(34)35-21(17-26(32)33)19-28(2,3)4/h20-25,29-31H,5-19H2,1-4H3/p+1. The van der Waals surface area contributed by atoms with Crippen LogP contribution < -0.4 is 0 Å². The zero-order valence-corrected chi connectivity index (χ0v) is 22.5. The smallest absolute Gasteiger partial charge is 0.307 e. The third-order valence-corrected chi connectivity index (χ3v) is 7.12. The van der Waals surface area contributed by atoms with Crippen molar-refractivity contribution in [3.63, 3.8) is 0 Å². The van der Waals surface area contributed by atoms with Gasteiger partial charge in [-0.05, 0) is 50.4 Å². The second-order valence-corrected chi connectivity index (χ2v) is 11.6. The van der Waals surface area contributed by atoms with Gasteiger partial charge in [-0.25, -0.2) is 0 Å². The van der Waals surface area contributed by atoms with E-state index in [9.17, 15) is 24.9 Å². The maximum atomic E-state index is 12.2. The molecule has 0 bridgehead atoms. The molecule has 0 spiro atoms. The molecule has 1 aliphatic carbocycles. The minimum atomic E-state index is -0.972. The number of aliphatic hydroxyl groups excluding tert-OH is 3. The van der Waals surface area contributed by atoms with Gasteiger partial charge in [0.25, 0.3) is 0 Å². The number of carbonyl (C=O) groups is 2. The van der Waals surface area contributed by atoms with Crippen LogP contribution in [0.25, 0.3) is 0 Å². The maximum absolute atomic E-state index is 12.2. The summed E-state index contributed by atoms with van der Waals surface area (Å²) in [4.78, 5) is 23.3. The molecule has 0 heterocycles. The van der Waals surface area contributed by atoms with Crippen molar-refractivity contribution < 1.29 is 39.2 Å². The summed E-state index contributed by atoms with van der Waals surface area (Å²) in [7, 11) is 5.80. The second kappa shape index (κ2) is 16.5. The van der Waals surface area contributed by atoms with E-state index in [1.165, 1.54) is 0 Å². The fraction of sp³-hybridized carbons (Fsp3) is 0.926. The predicted molar refractivity (Wildman–Crippen MR) is 136 cm³/mol. The van der Waals surface area contributed by atoms with Crippen LogP contribution in [0, 0.1) is 11.8 Å². The van der Waals surface area contributed by atoms with Crippen molar-refractivity contribution in [1.29, 1.82) is 0 Å². The van der Waals surface area contributed by atoms with Crippen LogP contribution in [0.4, 0.5) is 0 Å². The Morgan fingerprint density at radius 2 is 1.54 bits per heavy atom. The molecule has 0 aliphatic heterocycles. The first-order chi connectivity index (χ1) is 16.4. The SMILES string of the molecule is CCCCCC(O)CCC1C(O)CC(O)C1CCCCCCC(=O)OC(CC(=O)O)C[N+](C)(C)C. The molecule has 206 valence electrons. The van der Waals surface area contributed by atoms with Gasteiger partial charge < -0.3 is 29.6 Å². The summed E-state index contributed by atoms with van der Waals surface area (Å²) in [5.41, 5.74) is 0. The van der Waals surface area contributed by atoms with Gasteiger partial charge in [-0.1, -0.05) is 45.4 Å². The molecule has 0 aromatic heterocycles. The summed E-state index contributed by atoms with van der Waals surface area (Å²) in [6.45, 7) is 2.59. The summed E-state index contributed by atoms with van der Waals surface area (Å²) in [5.74, 6) is -1.23. The van der Waals surface area contributed by atoms with Crippen molar-refractivity contribution in [3.8, 4) is 0 Å². The fourth-order valence-corrected chi connectivity index (χ4v) is 5.34. The molecule has 0 amide bonds. The summed E-state index contributed by atoms with van der Waals surface area (Å²) in [6, 6.07) is 0. The van der Waals surface area contributed by atoms with Gasteiger partial charge in [0.1, 0.15) is 6.54 Å². The summed E-state index contributed by atoms with van der Waals surface area (Å²) in [6.07, 6.45) is 8.29. The van der Waals surface area contributed by atoms with Gasteiger partial charge in [-0.3, -0.25) is 9.59 Å². The number of aliphatic carboxylic acids is 1. The van der Waals surface area contributed by atoms with Crippen molar-refractivity contribution in [3.05, 3.63) is 0 Å². The van der Waals surface area contributed by atoms with Gasteiger partial charge in [0.15, 0.2) is 6.10 Å². The van der Waals surface area contributed by atoms with Gasteiger partial charge in [-0.15, -0.1) is 0 Å². The van der Waals surface area contributed by atoms with E-state index in [0.717, 1.165) is 57.8 Å². The first kappa shape index (κ1) is 31.8. The van der Waals surface area contributed by atoms with Crippen LogP contribution in [0.2, 0.25) is 0 Å². The maximum Gasteiger partial charge on any atom is 0.307 e. The summed E-state index contributed by atoms with van der Waals surface area (Å²) in [5, 5.41) is 40.2. The van der Waals surface area contributed by atoms with Gasteiger partial charge in [0, 0.05) is 6.42 Å². The van der Waals surface area contributed by atoms with E-state index in [0.29, 0.717) is 30.3 Å². The number of quaternary nitrogens is 1. The summed E-state index contributed by atoms with van der Waals surface area (Å²) >= 11 is 0. The fourth-order valence-electron chi connectivity index (χ4n) is 5.34. The highest BCUT2D eigenvalue weighted by Crippen LogP contribution is 2.39. The molecule has 0 radical (unpaired) electrons. The molecule has 1 rings (SSSR count). The number of esters is 1. The molecule has 8 heteroatoms. The number of carboxylic acids is 1. The molecular formula is C27H52NO7+. The van der Waals surface area contributed by atoms with Crippen molar-refractivity contribution in [2.45, 2.75) is 121 Å². The van der Waals surface area contributed by atoms with E-state index in [1.54, 1.807) is 0 Å². The van der Waals surface area contributed by atoms with Gasteiger partial charge in [0.2, 0.25) is 0 Å². The Morgan fingerprint density at radius 1 is 0.914 bits per heavy atom. The van der Waals surface area contributed by atoms with Gasteiger partial charge in [-0.2, -0.15) is 0 Å². The second-order valence-electron chi connectivity index (χ2n) is 11.6. The molecule has 0 aromatic carbocycles. The molecule has 4 N–H and O–H groups in total. The number of aliphatic hydroxyl groups is 3. The number of likely N-dealkylation sites (N-methyl/N-ethyl adjacent to an activating group) is 1. The number of carboxylic acid groups (broad SMARTS) is 1. The molecule has 35 heavy (non-hydrogen) atoms. The number of rotatable bonds is 19. The van der Waals surface area contributed by atoms with Crippen LogP contribution in [-0.2, 0) is 14.3 Å². The Hall–Kier alpha value is -1.22. The van der Waals surface area contributed by atoms with E-state index in [-0.39, 0.29) is 36.8 Å². The first-order valence-corrected chi connectivity index (χ1v) is 13.7. The van der Waals surface area contributed by atoms with Crippen LogP contribution in [0.1, 0.15) is 96.8 Å². The van der Waals surface area contributed by atoms with Crippen molar-refractivity contribution in [1.82, 2.24) is 0 Å². The van der Waals surface area contributed by atoms with Crippen LogP contribution in [0.15, 0.2) is 0 Å². The Morgan fingerprint density at radius 3 is 2.14 bits per heavy atom. The monoisotopic (exact) mass is 502 g/mol. The minimum Gasteiger partial charge on any atom is -0.481 e. The number of ether oxygens (including phenoxy) is 1. The lowest BCUT2D eigenvalue weighted by atomic mass is 9.84. The largest absolute Gasteiger partial charge is 0.481 e. The van der Waals surface area contributed by atoms with Crippen LogP contribution in [0.5, 0.6) is 0 Å². The zero-order chi connectivity index (χ0) is 26.4. The highest BCUT2D eigenvalue weighted by Gasteiger charge is 2.40.